The van der Waals surface area contributed by atoms with Gasteiger partial charge in [0.15, 0.2) is 0 Å². The Morgan fingerprint density at radius 1 is 1.59 bits per heavy atom. The molecule has 1 aromatic carbocycles. The van der Waals surface area contributed by atoms with Crippen LogP contribution in [0.2, 0.25) is 0 Å². The zero-order chi connectivity index (χ0) is 12.3. The number of nitriles is 1. The normalized spacial score (nSPS) is 20.4. The maximum atomic E-state index is 13.1. The molecule has 1 unspecified atom stereocenters. The predicted molar refractivity (Wildman–Crippen MR) is 61.8 cm³/mol. The molecular formula is C13H15FN2O. The summed E-state index contributed by atoms with van der Waals surface area (Å²) in [5.41, 5.74) is 1.09. The number of nitrogens with zero attached hydrogens (tertiary/aromatic N) is 2. The second kappa shape index (κ2) is 5.26. The first-order valence-electron chi connectivity index (χ1n) is 5.66. The lowest BCUT2D eigenvalue weighted by Crippen LogP contribution is -2.22. The van der Waals surface area contributed by atoms with E-state index in [1.807, 2.05) is 6.07 Å². The van der Waals surface area contributed by atoms with E-state index in [2.05, 4.69) is 4.90 Å². The Morgan fingerprint density at radius 2 is 2.41 bits per heavy atom. The van der Waals surface area contributed by atoms with Gasteiger partial charge in [-0.05, 0) is 24.1 Å². The summed E-state index contributed by atoms with van der Waals surface area (Å²) in [4.78, 5) is 2.25. The molecule has 0 bridgehead atoms. The Labute approximate surface area is 100 Å². The summed E-state index contributed by atoms with van der Waals surface area (Å²) >= 11 is 0. The van der Waals surface area contributed by atoms with E-state index in [0.29, 0.717) is 6.10 Å². The molecule has 1 heterocycles. The highest BCUT2D eigenvalue weighted by atomic mass is 19.1. The van der Waals surface area contributed by atoms with E-state index in [4.69, 9.17) is 10.00 Å². The Bertz CT molecular complexity index is 442. The van der Waals surface area contributed by atoms with Crippen molar-refractivity contribution in [1.82, 2.24) is 4.90 Å². The molecule has 0 spiro atoms. The molecule has 17 heavy (non-hydrogen) atoms. The molecule has 1 saturated heterocycles. The third kappa shape index (κ3) is 2.82. The quantitative estimate of drug-likeness (QED) is 0.801. The minimum atomic E-state index is -0.451. The summed E-state index contributed by atoms with van der Waals surface area (Å²) < 4.78 is 18.4. The van der Waals surface area contributed by atoms with Crippen LogP contribution in [0.3, 0.4) is 0 Å². The van der Waals surface area contributed by atoms with E-state index >= 15 is 0 Å². The molecule has 0 aromatic heterocycles. The van der Waals surface area contributed by atoms with Gasteiger partial charge in [-0.15, -0.1) is 0 Å². The van der Waals surface area contributed by atoms with Crippen LogP contribution >= 0.6 is 0 Å². The molecule has 0 N–H and O–H groups in total. The molecule has 2 rings (SSSR count). The zero-order valence-electron chi connectivity index (χ0n) is 9.82. The average Bonchev–Trinajstić information content (AvgIpc) is 2.79. The number of halogens is 1. The van der Waals surface area contributed by atoms with Crippen LogP contribution in [0, 0.1) is 17.1 Å². The van der Waals surface area contributed by atoms with Crippen LogP contribution in [0.15, 0.2) is 18.2 Å². The Balaban J connectivity index is 2.02. The molecule has 1 aromatic rings. The number of hydrogen-bond donors (Lipinski definition) is 0. The molecule has 4 heteroatoms. The number of rotatable bonds is 3. The van der Waals surface area contributed by atoms with Gasteiger partial charge < -0.3 is 4.74 Å². The van der Waals surface area contributed by atoms with Crippen LogP contribution in [-0.2, 0) is 11.3 Å². The summed E-state index contributed by atoms with van der Waals surface area (Å²) in [5, 5.41) is 8.76. The van der Waals surface area contributed by atoms with Crippen LogP contribution in [0.5, 0.6) is 0 Å². The molecule has 1 aliphatic heterocycles. The van der Waals surface area contributed by atoms with E-state index in [1.54, 1.807) is 19.2 Å². The summed E-state index contributed by atoms with van der Waals surface area (Å²) in [6.45, 7) is 2.63. The first kappa shape index (κ1) is 12.0. The molecule has 90 valence electrons. The van der Waals surface area contributed by atoms with Gasteiger partial charge in [0, 0.05) is 26.7 Å². The maximum absolute atomic E-state index is 13.1. The second-order valence-corrected chi connectivity index (χ2v) is 4.31. The monoisotopic (exact) mass is 234 g/mol. The van der Waals surface area contributed by atoms with Crippen molar-refractivity contribution in [2.24, 2.45) is 0 Å². The van der Waals surface area contributed by atoms with Crippen molar-refractivity contribution >= 4 is 0 Å². The molecule has 0 saturated carbocycles. The largest absolute Gasteiger partial charge is 0.380 e. The van der Waals surface area contributed by atoms with Crippen molar-refractivity contribution in [1.29, 1.82) is 5.26 Å². The number of likely N-dealkylation sites (tertiary alicyclic amines) is 1. The highest BCUT2D eigenvalue weighted by molar-refractivity contribution is 5.34. The Kier molecular flexibility index (Phi) is 3.72. The lowest BCUT2D eigenvalue weighted by atomic mass is 10.1. The van der Waals surface area contributed by atoms with Crippen LogP contribution in [0.4, 0.5) is 4.39 Å². The minimum Gasteiger partial charge on any atom is -0.380 e. The number of ether oxygens (including phenoxy) is 1. The van der Waals surface area contributed by atoms with Crippen molar-refractivity contribution < 1.29 is 9.13 Å². The molecule has 1 fully saturated rings. The molecule has 0 radical (unpaired) electrons. The highest BCUT2D eigenvalue weighted by Gasteiger charge is 2.21. The minimum absolute atomic E-state index is 0.116. The SMILES string of the molecule is COC1CCN(Cc2ccc(F)c(C#N)c2)C1. The molecule has 0 amide bonds. The topological polar surface area (TPSA) is 36.3 Å². The number of hydrogen-bond acceptors (Lipinski definition) is 3. The van der Waals surface area contributed by atoms with Gasteiger partial charge in [-0.3, -0.25) is 4.90 Å². The summed E-state index contributed by atoms with van der Waals surface area (Å²) in [6.07, 6.45) is 1.33. The lowest BCUT2D eigenvalue weighted by Gasteiger charge is -2.15. The van der Waals surface area contributed by atoms with Gasteiger partial charge in [-0.1, -0.05) is 6.07 Å². The summed E-state index contributed by atoms with van der Waals surface area (Å²) in [6, 6.07) is 6.57. The zero-order valence-corrected chi connectivity index (χ0v) is 9.82. The number of methoxy groups -OCH3 is 1. The molecule has 3 nitrogen and oxygen atoms in total. The lowest BCUT2D eigenvalue weighted by molar-refractivity contribution is 0.107. The predicted octanol–water partition coefficient (Wildman–Crippen LogP) is 1.92. The molecule has 1 aliphatic rings. The molecule has 1 atom stereocenters. The van der Waals surface area contributed by atoms with Crippen LogP contribution in [0.25, 0.3) is 0 Å². The van der Waals surface area contributed by atoms with E-state index in [-0.39, 0.29) is 5.56 Å². The summed E-state index contributed by atoms with van der Waals surface area (Å²) in [7, 11) is 1.72. The van der Waals surface area contributed by atoms with Gasteiger partial charge >= 0.3 is 0 Å². The van der Waals surface area contributed by atoms with E-state index < -0.39 is 5.82 Å². The molecular weight excluding hydrogens is 219 g/mol. The van der Waals surface area contributed by atoms with Crippen molar-refractivity contribution in [2.75, 3.05) is 20.2 Å². The van der Waals surface area contributed by atoms with Crippen LogP contribution in [-0.4, -0.2) is 31.2 Å². The van der Waals surface area contributed by atoms with Crippen molar-refractivity contribution in [3.05, 3.63) is 35.1 Å². The fourth-order valence-electron chi connectivity index (χ4n) is 2.15. The number of benzene rings is 1. The van der Waals surface area contributed by atoms with Gasteiger partial charge in [0.2, 0.25) is 0 Å². The smallest absolute Gasteiger partial charge is 0.140 e. The fourth-order valence-corrected chi connectivity index (χ4v) is 2.15. The third-order valence-corrected chi connectivity index (χ3v) is 3.12. The fraction of sp³-hybridized carbons (Fsp3) is 0.462. The van der Waals surface area contributed by atoms with Gasteiger partial charge in [0.1, 0.15) is 11.9 Å². The maximum Gasteiger partial charge on any atom is 0.140 e. The van der Waals surface area contributed by atoms with Crippen molar-refractivity contribution in [3.8, 4) is 6.07 Å². The summed E-state index contributed by atoms with van der Waals surface area (Å²) in [5.74, 6) is -0.451. The third-order valence-electron chi connectivity index (χ3n) is 3.12. The van der Waals surface area contributed by atoms with E-state index in [0.717, 1.165) is 31.6 Å². The van der Waals surface area contributed by atoms with E-state index in [1.165, 1.54) is 6.07 Å². The van der Waals surface area contributed by atoms with Gasteiger partial charge in [-0.2, -0.15) is 5.26 Å². The van der Waals surface area contributed by atoms with Crippen molar-refractivity contribution in [3.63, 3.8) is 0 Å². The Morgan fingerprint density at radius 3 is 3.06 bits per heavy atom. The highest BCUT2D eigenvalue weighted by Crippen LogP contribution is 2.17. The second-order valence-electron chi connectivity index (χ2n) is 4.31. The first-order chi connectivity index (χ1) is 8.22. The van der Waals surface area contributed by atoms with Crippen molar-refractivity contribution in [2.45, 2.75) is 19.1 Å². The van der Waals surface area contributed by atoms with E-state index in [9.17, 15) is 4.39 Å². The van der Waals surface area contributed by atoms with Gasteiger partial charge in [-0.25, -0.2) is 4.39 Å². The Hall–Kier alpha value is -1.44. The van der Waals surface area contributed by atoms with Gasteiger partial charge in [0.05, 0.1) is 11.7 Å². The standard InChI is InChI=1S/C13H15FN2O/c1-17-12-4-5-16(9-12)8-10-2-3-13(14)11(6-10)7-15/h2-3,6,12H,4-5,8-9H2,1H3. The molecule has 0 aliphatic carbocycles. The van der Waals surface area contributed by atoms with Gasteiger partial charge in [0.25, 0.3) is 0 Å². The van der Waals surface area contributed by atoms with Crippen LogP contribution < -0.4 is 0 Å². The average molecular weight is 234 g/mol. The first-order valence-corrected chi connectivity index (χ1v) is 5.66. The van der Waals surface area contributed by atoms with Crippen LogP contribution in [0.1, 0.15) is 17.5 Å².